The van der Waals surface area contributed by atoms with Crippen LogP contribution in [0.25, 0.3) is 0 Å². The smallest absolute Gasteiger partial charge is 0.268 e. The summed E-state index contributed by atoms with van der Waals surface area (Å²) in [6.45, 7) is 4.71. The maximum atomic E-state index is 12.9. The monoisotopic (exact) mass is 965 g/mol. The lowest BCUT2D eigenvalue weighted by molar-refractivity contribution is -0.870. The number of unbranched alkanes of at least 4 members (excludes halogenated alkanes) is 34. The van der Waals surface area contributed by atoms with E-state index in [1.54, 1.807) is 0 Å². The molecule has 0 aliphatic heterocycles. The van der Waals surface area contributed by atoms with Gasteiger partial charge in [0.2, 0.25) is 5.91 Å². The zero-order valence-corrected chi connectivity index (χ0v) is 46.0. The van der Waals surface area contributed by atoms with Crippen molar-refractivity contribution in [1.29, 1.82) is 0 Å². The van der Waals surface area contributed by atoms with Crippen molar-refractivity contribution < 1.29 is 32.9 Å². The van der Waals surface area contributed by atoms with Gasteiger partial charge in [-0.05, 0) is 51.4 Å². The summed E-state index contributed by atoms with van der Waals surface area (Å²) < 4.78 is 23.3. The van der Waals surface area contributed by atoms with Crippen LogP contribution in [0.3, 0.4) is 0 Å². The van der Waals surface area contributed by atoms with Crippen molar-refractivity contribution in [2.24, 2.45) is 0 Å². The first-order chi connectivity index (χ1) is 32.5. The van der Waals surface area contributed by atoms with Crippen molar-refractivity contribution in [3.05, 3.63) is 36.5 Å². The number of phosphoric acid groups is 1. The molecular weight excluding hydrogens is 852 g/mol. The lowest BCUT2D eigenvalue weighted by atomic mass is 10.0. The lowest BCUT2D eigenvalue weighted by Gasteiger charge is -2.30. The van der Waals surface area contributed by atoms with Crippen molar-refractivity contribution in [3.63, 3.8) is 0 Å². The number of nitrogens with one attached hydrogen (secondary N) is 1. The third-order valence-corrected chi connectivity index (χ3v) is 14.1. The largest absolute Gasteiger partial charge is 0.756 e. The van der Waals surface area contributed by atoms with Gasteiger partial charge in [-0.15, -0.1) is 0 Å². The van der Waals surface area contributed by atoms with Crippen LogP contribution in [0.4, 0.5) is 0 Å². The summed E-state index contributed by atoms with van der Waals surface area (Å²) in [6.07, 6.45) is 63.4. The fourth-order valence-corrected chi connectivity index (χ4v) is 9.30. The number of hydrogen-bond donors (Lipinski definition) is 2. The number of phosphoric ester groups is 1. The van der Waals surface area contributed by atoms with Crippen LogP contribution in [0, 0.1) is 0 Å². The average molecular weight is 966 g/mol. The van der Waals surface area contributed by atoms with Gasteiger partial charge >= 0.3 is 0 Å². The molecule has 1 amide bonds. The second-order valence-corrected chi connectivity index (χ2v) is 22.4. The molecule has 396 valence electrons. The fraction of sp³-hybridized carbons (Fsp3) is 0.879. The molecule has 0 aromatic carbocycles. The minimum absolute atomic E-state index is 0.0135. The number of aliphatic hydroxyl groups is 1. The van der Waals surface area contributed by atoms with E-state index in [4.69, 9.17) is 9.05 Å². The topological polar surface area (TPSA) is 108 Å². The van der Waals surface area contributed by atoms with Crippen LogP contribution < -0.4 is 10.2 Å². The van der Waals surface area contributed by atoms with Gasteiger partial charge < -0.3 is 28.8 Å². The number of aliphatic hydroxyl groups excluding tert-OH is 1. The average Bonchev–Trinajstić information content (AvgIpc) is 3.29. The van der Waals surface area contributed by atoms with Crippen LogP contribution in [0.15, 0.2) is 36.5 Å². The number of allylic oxidation sites excluding steroid dienone is 6. The molecular formula is C58H113N2O6P. The molecule has 0 aliphatic rings. The zero-order valence-electron chi connectivity index (χ0n) is 45.1. The Morgan fingerprint density at radius 2 is 0.866 bits per heavy atom. The predicted octanol–water partition coefficient (Wildman–Crippen LogP) is 16.7. The molecule has 0 aromatic heterocycles. The number of carbonyl (C=O) groups excluding carboxylic acids is 1. The van der Waals surface area contributed by atoms with Crippen LogP contribution >= 0.6 is 7.82 Å². The molecule has 2 N–H and O–H groups in total. The Kier molecular flexibility index (Phi) is 48.7. The van der Waals surface area contributed by atoms with E-state index in [1.807, 2.05) is 21.1 Å². The van der Waals surface area contributed by atoms with E-state index >= 15 is 0 Å². The molecule has 0 aromatic rings. The van der Waals surface area contributed by atoms with Crippen LogP contribution in [0.2, 0.25) is 0 Å². The Morgan fingerprint density at radius 3 is 1.25 bits per heavy atom. The Morgan fingerprint density at radius 1 is 0.522 bits per heavy atom. The van der Waals surface area contributed by atoms with Crippen molar-refractivity contribution in [2.75, 3.05) is 40.9 Å². The number of quaternary nitrogens is 1. The van der Waals surface area contributed by atoms with Gasteiger partial charge in [-0.3, -0.25) is 9.36 Å². The quantitative estimate of drug-likeness (QED) is 0.0272. The Bertz CT molecular complexity index is 1190. The summed E-state index contributed by atoms with van der Waals surface area (Å²) in [4.78, 5) is 25.4. The molecule has 0 heterocycles. The number of likely N-dealkylation sites (N-methyl/N-ethyl adjacent to an activating group) is 1. The van der Waals surface area contributed by atoms with Crippen LogP contribution in [-0.2, 0) is 18.4 Å². The van der Waals surface area contributed by atoms with Crippen LogP contribution in [0.1, 0.15) is 277 Å². The number of rotatable bonds is 53. The van der Waals surface area contributed by atoms with Gasteiger partial charge in [0.05, 0.1) is 39.9 Å². The second-order valence-electron chi connectivity index (χ2n) is 21.0. The minimum Gasteiger partial charge on any atom is -0.756 e. The normalized spacial score (nSPS) is 14.2. The SMILES string of the molecule is CCCCCCC/C=C\C/C=C\C/C=C\CCCCCCCCCCCCCCCCCCCCCCC(=O)NC(COP(=O)([O-])OCC[N+](C)(C)C)C(O)CCCCCCCCCCCC. The van der Waals surface area contributed by atoms with E-state index in [0.717, 1.165) is 51.4 Å². The number of amides is 1. The van der Waals surface area contributed by atoms with Gasteiger partial charge in [-0.25, -0.2) is 0 Å². The number of nitrogens with zero attached hydrogens (tertiary/aromatic N) is 1. The third kappa shape index (κ3) is 52.4. The first-order valence-corrected chi connectivity index (χ1v) is 30.3. The molecule has 0 fully saturated rings. The maximum Gasteiger partial charge on any atom is 0.268 e. The summed E-state index contributed by atoms with van der Waals surface area (Å²) in [5.41, 5.74) is 0. The molecule has 0 aliphatic carbocycles. The predicted molar refractivity (Wildman–Crippen MR) is 288 cm³/mol. The van der Waals surface area contributed by atoms with E-state index in [-0.39, 0.29) is 19.1 Å². The maximum absolute atomic E-state index is 12.9. The van der Waals surface area contributed by atoms with Gasteiger partial charge in [0.15, 0.2) is 0 Å². The molecule has 3 atom stereocenters. The second kappa shape index (κ2) is 49.7. The highest BCUT2D eigenvalue weighted by atomic mass is 31.2. The summed E-state index contributed by atoms with van der Waals surface area (Å²) in [5.74, 6) is -0.163. The highest BCUT2D eigenvalue weighted by molar-refractivity contribution is 7.45. The third-order valence-electron chi connectivity index (χ3n) is 13.1. The standard InChI is InChI=1S/C58H113N2O6P/c1-6-8-10-12-14-16-18-19-20-21-22-23-24-25-26-27-28-29-30-31-32-33-34-35-36-37-38-39-40-41-42-44-46-48-50-52-58(62)59-56(55-66-67(63,64)65-54-53-60(3,4)5)57(61)51-49-47-45-43-17-15-13-11-9-7-2/h18-19,21-22,24-25,56-57,61H,6-17,20,23,26-55H2,1-5H3,(H-,59,62,63,64)/b19-18-,22-21-,25-24-. The summed E-state index contributed by atoms with van der Waals surface area (Å²) >= 11 is 0. The van der Waals surface area contributed by atoms with Gasteiger partial charge in [-0.2, -0.15) is 0 Å². The van der Waals surface area contributed by atoms with Crippen LogP contribution in [-0.4, -0.2) is 68.5 Å². The van der Waals surface area contributed by atoms with Gasteiger partial charge in [0.25, 0.3) is 7.82 Å². The molecule has 0 spiro atoms. The Labute approximate surface area is 417 Å². The van der Waals surface area contributed by atoms with E-state index in [0.29, 0.717) is 23.9 Å². The van der Waals surface area contributed by atoms with Gasteiger partial charge in [0, 0.05) is 6.42 Å². The van der Waals surface area contributed by atoms with Crippen molar-refractivity contribution >= 4 is 13.7 Å². The van der Waals surface area contributed by atoms with Crippen LogP contribution in [0.5, 0.6) is 0 Å². The molecule has 3 unspecified atom stereocenters. The minimum atomic E-state index is -4.56. The van der Waals surface area contributed by atoms with Crippen molar-refractivity contribution in [2.45, 2.75) is 289 Å². The zero-order chi connectivity index (χ0) is 49.2. The Balaban J connectivity index is 3.89. The van der Waals surface area contributed by atoms with Gasteiger partial charge in [-0.1, -0.05) is 256 Å². The molecule has 0 bridgehead atoms. The number of carbonyl (C=O) groups is 1. The van der Waals surface area contributed by atoms with Gasteiger partial charge in [0.1, 0.15) is 13.2 Å². The summed E-state index contributed by atoms with van der Waals surface area (Å²) in [7, 11) is 1.31. The first-order valence-electron chi connectivity index (χ1n) is 28.8. The lowest BCUT2D eigenvalue weighted by Crippen LogP contribution is -2.46. The fourth-order valence-electron chi connectivity index (χ4n) is 8.58. The molecule has 0 saturated carbocycles. The van der Waals surface area contributed by atoms with E-state index < -0.39 is 20.0 Å². The van der Waals surface area contributed by atoms with E-state index in [2.05, 4.69) is 55.6 Å². The molecule has 67 heavy (non-hydrogen) atoms. The highest BCUT2D eigenvalue weighted by Gasteiger charge is 2.24. The Hall–Kier alpha value is -1.28. The molecule has 9 heteroatoms. The first kappa shape index (κ1) is 65.7. The van der Waals surface area contributed by atoms with E-state index in [9.17, 15) is 19.4 Å². The van der Waals surface area contributed by atoms with Crippen molar-refractivity contribution in [1.82, 2.24) is 5.32 Å². The molecule has 0 rings (SSSR count). The summed E-state index contributed by atoms with van der Waals surface area (Å²) in [5, 5.41) is 13.9. The number of hydrogen-bond acceptors (Lipinski definition) is 6. The van der Waals surface area contributed by atoms with Crippen molar-refractivity contribution in [3.8, 4) is 0 Å². The summed E-state index contributed by atoms with van der Waals surface area (Å²) in [6, 6.07) is -0.797. The highest BCUT2D eigenvalue weighted by Crippen LogP contribution is 2.38. The molecule has 0 radical (unpaired) electrons. The van der Waals surface area contributed by atoms with E-state index in [1.165, 1.54) is 199 Å². The molecule has 0 saturated heterocycles. The molecule has 8 nitrogen and oxygen atoms in total.